The molecule has 2 aliphatic rings. The van der Waals surface area contributed by atoms with Gasteiger partial charge >= 0.3 is 0 Å². The number of aromatic nitrogens is 2. The Morgan fingerprint density at radius 2 is 2.03 bits per heavy atom. The van der Waals surface area contributed by atoms with Gasteiger partial charge in [0.25, 0.3) is 5.91 Å². The van der Waals surface area contributed by atoms with Crippen molar-refractivity contribution in [1.29, 1.82) is 0 Å². The molecule has 0 saturated carbocycles. The Kier molecular flexibility index (Phi) is 4.86. The highest BCUT2D eigenvalue weighted by Crippen LogP contribution is 2.36. The summed E-state index contributed by atoms with van der Waals surface area (Å²) in [5.41, 5.74) is 2.14. The average Bonchev–Trinajstić information content (AvgIpc) is 3.40. The van der Waals surface area contributed by atoms with Crippen molar-refractivity contribution in [3.63, 3.8) is 0 Å². The van der Waals surface area contributed by atoms with Crippen LogP contribution in [0.15, 0.2) is 47.0 Å². The summed E-state index contributed by atoms with van der Waals surface area (Å²) in [5, 5.41) is 4.68. The Morgan fingerprint density at radius 3 is 2.84 bits per heavy atom. The Hall–Kier alpha value is -3.39. The van der Waals surface area contributed by atoms with E-state index in [2.05, 4.69) is 10.1 Å². The first-order valence-electron chi connectivity index (χ1n) is 10.0. The maximum Gasteiger partial charge on any atom is 0.265 e. The van der Waals surface area contributed by atoms with E-state index in [0.717, 1.165) is 5.69 Å². The summed E-state index contributed by atoms with van der Waals surface area (Å²) in [6.45, 7) is 2.93. The number of hydrogen-bond acceptors (Lipinski definition) is 6. The molecule has 0 radical (unpaired) electrons. The largest absolute Gasteiger partial charge is 0.482 e. The fraction of sp³-hybridized carbons (Fsp3) is 0.273. The van der Waals surface area contributed by atoms with Crippen molar-refractivity contribution in [1.82, 2.24) is 10.1 Å². The van der Waals surface area contributed by atoms with Crippen molar-refractivity contribution in [3.05, 3.63) is 53.4 Å². The zero-order valence-electron chi connectivity index (χ0n) is 16.7. The van der Waals surface area contributed by atoms with E-state index in [-0.39, 0.29) is 30.8 Å². The topological polar surface area (TPSA) is 88.8 Å². The first-order valence-corrected chi connectivity index (χ1v) is 10.4. The average molecular weight is 439 g/mol. The van der Waals surface area contributed by atoms with Crippen molar-refractivity contribution in [2.75, 3.05) is 29.5 Å². The van der Waals surface area contributed by atoms with Crippen LogP contribution >= 0.6 is 11.6 Å². The number of amides is 2. The van der Waals surface area contributed by atoms with E-state index in [1.165, 1.54) is 0 Å². The van der Waals surface area contributed by atoms with Crippen LogP contribution in [0.25, 0.3) is 11.4 Å². The molecule has 2 aromatic carbocycles. The van der Waals surface area contributed by atoms with Crippen LogP contribution in [-0.4, -0.2) is 41.7 Å². The van der Waals surface area contributed by atoms with Gasteiger partial charge in [0.2, 0.25) is 17.6 Å². The molecule has 0 N–H and O–H groups in total. The zero-order chi connectivity index (χ0) is 21.5. The highest BCUT2D eigenvalue weighted by Gasteiger charge is 2.35. The molecule has 3 heterocycles. The van der Waals surface area contributed by atoms with Crippen LogP contribution in [-0.2, 0) is 9.59 Å². The third-order valence-electron chi connectivity index (χ3n) is 5.51. The zero-order valence-corrected chi connectivity index (χ0v) is 17.5. The third-order valence-corrected chi connectivity index (χ3v) is 5.75. The predicted molar refractivity (Wildman–Crippen MR) is 114 cm³/mol. The van der Waals surface area contributed by atoms with Gasteiger partial charge < -0.3 is 19.1 Å². The quantitative estimate of drug-likeness (QED) is 0.617. The maximum atomic E-state index is 12.5. The molecular formula is C22H19ClN4O4. The molecule has 1 aromatic heterocycles. The van der Waals surface area contributed by atoms with Crippen molar-refractivity contribution < 1.29 is 18.8 Å². The smallest absolute Gasteiger partial charge is 0.265 e. The fourth-order valence-corrected chi connectivity index (χ4v) is 4.16. The standard InChI is InChI=1S/C22H19ClN4O4/c1-2-26-17-8-13(6-7-18(17)30-12-20(26)29)21-24-22(31-25-21)14-9-19(28)27(11-14)16-5-3-4-15(23)10-16/h3-8,10,14H,2,9,11-12H2,1H3/t14-/m0/s1. The van der Waals surface area contributed by atoms with Crippen molar-refractivity contribution in [3.8, 4) is 17.1 Å². The summed E-state index contributed by atoms with van der Waals surface area (Å²) in [6, 6.07) is 12.6. The molecule has 1 fully saturated rings. The second kappa shape index (κ2) is 7.70. The Bertz CT molecular complexity index is 1180. The summed E-state index contributed by atoms with van der Waals surface area (Å²) in [6.07, 6.45) is 0.282. The monoisotopic (exact) mass is 438 g/mol. The summed E-state index contributed by atoms with van der Waals surface area (Å²) in [5.74, 6) is 1.14. The second-order valence-electron chi connectivity index (χ2n) is 7.45. The minimum Gasteiger partial charge on any atom is -0.482 e. The van der Waals surface area contributed by atoms with Gasteiger partial charge in [-0.25, -0.2) is 0 Å². The van der Waals surface area contributed by atoms with E-state index in [4.69, 9.17) is 20.9 Å². The highest BCUT2D eigenvalue weighted by molar-refractivity contribution is 6.30. The molecule has 0 aliphatic carbocycles. The van der Waals surface area contributed by atoms with Crippen molar-refractivity contribution >= 4 is 34.8 Å². The number of benzene rings is 2. The molecule has 9 heteroatoms. The van der Waals surface area contributed by atoms with Crippen molar-refractivity contribution in [2.24, 2.45) is 0 Å². The molecule has 0 unspecified atom stereocenters. The van der Waals surface area contributed by atoms with E-state index in [1.54, 1.807) is 28.0 Å². The SMILES string of the molecule is CCN1C(=O)COc2ccc(-c3noc([C@H]4CC(=O)N(c5cccc(Cl)c5)C4)n3)cc21. The number of carbonyl (C=O) groups is 2. The minimum atomic E-state index is -0.206. The van der Waals surface area contributed by atoms with E-state index in [9.17, 15) is 9.59 Å². The molecule has 8 nitrogen and oxygen atoms in total. The number of hydrogen-bond donors (Lipinski definition) is 0. The summed E-state index contributed by atoms with van der Waals surface area (Å²) in [7, 11) is 0. The van der Waals surface area contributed by atoms with Crippen LogP contribution in [0.2, 0.25) is 5.02 Å². The fourth-order valence-electron chi connectivity index (χ4n) is 3.97. The van der Waals surface area contributed by atoms with Crippen molar-refractivity contribution in [2.45, 2.75) is 19.3 Å². The van der Waals surface area contributed by atoms with Crippen LogP contribution in [0, 0.1) is 0 Å². The maximum absolute atomic E-state index is 12.5. The van der Waals surface area contributed by atoms with Gasteiger partial charge in [-0.1, -0.05) is 22.8 Å². The number of anilines is 2. The van der Waals surface area contributed by atoms with Gasteiger partial charge in [-0.05, 0) is 43.3 Å². The number of rotatable bonds is 4. The first-order chi connectivity index (χ1) is 15.0. The van der Waals surface area contributed by atoms with Crippen LogP contribution in [0.4, 0.5) is 11.4 Å². The second-order valence-corrected chi connectivity index (χ2v) is 7.89. The van der Waals surface area contributed by atoms with Crippen LogP contribution in [0.3, 0.4) is 0 Å². The van der Waals surface area contributed by atoms with E-state index in [1.807, 2.05) is 31.2 Å². The van der Waals surface area contributed by atoms with E-state index >= 15 is 0 Å². The van der Waals surface area contributed by atoms with Gasteiger partial charge in [-0.3, -0.25) is 9.59 Å². The normalized spacial score (nSPS) is 18.3. The van der Waals surface area contributed by atoms with Gasteiger partial charge in [-0.15, -0.1) is 0 Å². The van der Waals surface area contributed by atoms with Gasteiger partial charge in [0.15, 0.2) is 6.61 Å². The van der Waals surface area contributed by atoms with Gasteiger partial charge in [0.05, 0.1) is 11.6 Å². The molecule has 5 rings (SSSR count). The third kappa shape index (κ3) is 3.53. The number of likely N-dealkylation sites (N-methyl/N-ethyl adjacent to an activating group) is 1. The van der Waals surface area contributed by atoms with Crippen LogP contribution in [0.1, 0.15) is 25.2 Å². The number of nitrogens with zero attached hydrogens (tertiary/aromatic N) is 4. The van der Waals surface area contributed by atoms with E-state index in [0.29, 0.717) is 46.8 Å². The molecule has 158 valence electrons. The minimum absolute atomic E-state index is 0.0185. The lowest BCUT2D eigenvalue weighted by molar-refractivity contribution is -0.121. The number of halogens is 1. The van der Waals surface area contributed by atoms with Crippen LogP contribution < -0.4 is 14.5 Å². The highest BCUT2D eigenvalue weighted by atomic mass is 35.5. The Balaban J connectivity index is 1.39. The molecule has 31 heavy (non-hydrogen) atoms. The number of fused-ring (bicyclic) bond motifs is 1. The predicted octanol–water partition coefficient (Wildman–Crippen LogP) is 3.66. The lowest BCUT2D eigenvalue weighted by Crippen LogP contribution is -2.38. The summed E-state index contributed by atoms with van der Waals surface area (Å²) >= 11 is 6.06. The molecule has 2 amide bonds. The van der Waals surface area contributed by atoms with Crippen LogP contribution in [0.5, 0.6) is 5.75 Å². The van der Waals surface area contributed by atoms with Gasteiger partial charge in [-0.2, -0.15) is 4.98 Å². The first kappa shape index (κ1) is 19.6. The molecule has 1 atom stereocenters. The lowest BCUT2D eigenvalue weighted by Gasteiger charge is -2.28. The summed E-state index contributed by atoms with van der Waals surface area (Å²) < 4.78 is 11.0. The molecular weight excluding hydrogens is 420 g/mol. The molecule has 2 aliphatic heterocycles. The molecule has 3 aromatic rings. The Labute approximate surface area is 183 Å². The molecule has 0 spiro atoms. The number of ether oxygens (including phenoxy) is 1. The summed E-state index contributed by atoms with van der Waals surface area (Å²) in [4.78, 5) is 32.6. The van der Waals surface area contributed by atoms with E-state index < -0.39 is 0 Å². The van der Waals surface area contributed by atoms with Gasteiger partial charge in [0.1, 0.15) is 5.75 Å². The lowest BCUT2D eigenvalue weighted by atomic mass is 10.1. The number of carbonyl (C=O) groups excluding carboxylic acids is 2. The molecule has 0 bridgehead atoms. The van der Waals surface area contributed by atoms with Gasteiger partial charge in [0, 0.05) is 35.8 Å². The Morgan fingerprint density at radius 1 is 1.16 bits per heavy atom. The molecule has 1 saturated heterocycles.